The largest absolute Gasteiger partial charge is 0.497 e. The fraction of sp³-hybridized carbons (Fsp3) is 0.571. The van der Waals surface area contributed by atoms with Crippen molar-refractivity contribution in [3.63, 3.8) is 0 Å². The molecule has 0 amide bonds. The van der Waals surface area contributed by atoms with E-state index in [0.29, 0.717) is 12.6 Å². The number of nitrogens with zero attached hydrogens (tertiary/aromatic N) is 1. The first-order chi connectivity index (χ1) is 9.33. The van der Waals surface area contributed by atoms with Crippen molar-refractivity contribution in [1.29, 1.82) is 0 Å². The third-order valence-electron chi connectivity index (χ3n) is 3.23. The van der Waals surface area contributed by atoms with Crippen LogP contribution in [-0.2, 0) is 4.74 Å². The van der Waals surface area contributed by atoms with Crippen molar-refractivity contribution in [2.45, 2.75) is 6.04 Å². The smallest absolute Gasteiger partial charge is 0.119 e. The Kier molecular flexibility index (Phi) is 5.94. The van der Waals surface area contributed by atoms with Crippen molar-refractivity contribution in [3.8, 4) is 11.5 Å². The van der Waals surface area contributed by atoms with Crippen LogP contribution < -0.4 is 9.47 Å². The van der Waals surface area contributed by atoms with Gasteiger partial charge in [0.15, 0.2) is 0 Å². The second-order valence-electron chi connectivity index (χ2n) is 4.44. The van der Waals surface area contributed by atoms with E-state index in [2.05, 4.69) is 20.8 Å². The van der Waals surface area contributed by atoms with Crippen molar-refractivity contribution in [2.24, 2.45) is 0 Å². The molecule has 1 saturated heterocycles. The number of alkyl halides is 1. The van der Waals surface area contributed by atoms with Crippen molar-refractivity contribution in [3.05, 3.63) is 24.3 Å². The molecule has 2 rings (SSSR count). The number of hydrogen-bond donors (Lipinski definition) is 0. The lowest BCUT2D eigenvalue weighted by Gasteiger charge is -2.34. The van der Waals surface area contributed by atoms with Gasteiger partial charge in [-0.1, -0.05) is 15.9 Å². The standard InChI is InChI=1S/C14H20BrNO3/c1-17-13-2-4-14(5-3-13)19-9-7-16-6-8-18-11-12(16)10-15/h2-5,12H,6-11H2,1H3. The molecule has 1 aliphatic heterocycles. The van der Waals surface area contributed by atoms with Crippen LogP contribution in [0.1, 0.15) is 0 Å². The molecule has 0 N–H and O–H groups in total. The highest BCUT2D eigenvalue weighted by atomic mass is 79.9. The molecule has 0 aromatic heterocycles. The third-order valence-corrected chi connectivity index (χ3v) is 3.98. The molecule has 0 radical (unpaired) electrons. The molecule has 0 saturated carbocycles. The topological polar surface area (TPSA) is 30.9 Å². The van der Waals surface area contributed by atoms with Crippen LogP contribution in [0, 0.1) is 0 Å². The Balaban J connectivity index is 1.75. The second kappa shape index (κ2) is 7.72. The lowest BCUT2D eigenvalue weighted by Crippen LogP contribution is -2.47. The summed E-state index contributed by atoms with van der Waals surface area (Å²) in [5, 5.41) is 0.940. The number of rotatable bonds is 6. The zero-order chi connectivity index (χ0) is 13.5. The lowest BCUT2D eigenvalue weighted by atomic mass is 10.2. The number of morpholine rings is 1. The quantitative estimate of drug-likeness (QED) is 0.748. The Labute approximate surface area is 122 Å². The molecule has 1 unspecified atom stereocenters. The number of ether oxygens (including phenoxy) is 3. The molecule has 106 valence electrons. The first-order valence-electron chi connectivity index (χ1n) is 6.48. The van der Waals surface area contributed by atoms with Gasteiger partial charge >= 0.3 is 0 Å². The molecule has 1 aromatic rings. The molecular formula is C14H20BrNO3. The van der Waals surface area contributed by atoms with Crippen LogP contribution in [0.25, 0.3) is 0 Å². The van der Waals surface area contributed by atoms with E-state index in [9.17, 15) is 0 Å². The van der Waals surface area contributed by atoms with E-state index < -0.39 is 0 Å². The normalized spacial score (nSPS) is 20.2. The van der Waals surface area contributed by atoms with Gasteiger partial charge in [-0.05, 0) is 24.3 Å². The minimum atomic E-state index is 0.452. The Morgan fingerprint density at radius 3 is 2.74 bits per heavy atom. The molecule has 1 aromatic carbocycles. The number of methoxy groups -OCH3 is 1. The zero-order valence-corrected chi connectivity index (χ0v) is 12.8. The Morgan fingerprint density at radius 2 is 2.05 bits per heavy atom. The molecule has 0 bridgehead atoms. The van der Waals surface area contributed by atoms with Gasteiger partial charge in [-0.3, -0.25) is 4.90 Å². The molecular weight excluding hydrogens is 310 g/mol. The third kappa shape index (κ3) is 4.37. The highest BCUT2D eigenvalue weighted by molar-refractivity contribution is 9.09. The van der Waals surface area contributed by atoms with Gasteiger partial charge in [-0.2, -0.15) is 0 Å². The van der Waals surface area contributed by atoms with Crippen LogP contribution in [0.2, 0.25) is 0 Å². The molecule has 1 heterocycles. The van der Waals surface area contributed by atoms with Crippen molar-refractivity contribution < 1.29 is 14.2 Å². The SMILES string of the molecule is COc1ccc(OCCN2CCOCC2CBr)cc1. The van der Waals surface area contributed by atoms with Gasteiger partial charge in [0.2, 0.25) is 0 Å². The molecule has 19 heavy (non-hydrogen) atoms. The van der Waals surface area contributed by atoms with E-state index >= 15 is 0 Å². The summed E-state index contributed by atoms with van der Waals surface area (Å²) in [5.74, 6) is 1.73. The average Bonchev–Trinajstić information content (AvgIpc) is 2.48. The van der Waals surface area contributed by atoms with Crippen LogP contribution in [-0.4, -0.2) is 56.3 Å². The van der Waals surface area contributed by atoms with Gasteiger partial charge < -0.3 is 14.2 Å². The van der Waals surface area contributed by atoms with Gasteiger partial charge in [0.1, 0.15) is 18.1 Å². The van der Waals surface area contributed by atoms with E-state index in [4.69, 9.17) is 14.2 Å². The van der Waals surface area contributed by atoms with Gasteiger partial charge in [0, 0.05) is 24.5 Å². The van der Waals surface area contributed by atoms with Crippen LogP contribution in [0.4, 0.5) is 0 Å². The van der Waals surface area contributed by atoms with E-state index in [1.54, 1.807) is 7.11 Å². The minimum absolute atomic E-state index is 0.452. The first kappa shape index (κ1) is 14.6. The molecule has 1 aliphatic rings. The average molecular weight is 330 g/mol. The van der Waals surface area contributed by atoms with E-state index in [1.165, 1.54) is 0 Å². The Morgan fingerprint density at radius 1 is 1.32 bits per heavy atom. The molecule has 1 fully saturated rings. The molecule has 0 aliphatic carbocycles. The van der Waals surface area contributed by atoms with Gasteiger partial charge in [0.05, 0.1) is 20.3 Å². The monoisotopic (exact) mass is 329 g/mol. The summed E-state index contributed by atoms with van der Waals surface area (Å²) < 4.78 is 16.3. The number of hydrogen-bond acceptors (Lipinski definition) is 4. The maximum absolute atomic E-state index is 5.75. The summed E-state index contributed by atoms with van der Waals surface area (Å²) in [6.45, 7) is 4.20. The summed E-state index contributed by atoms with van der Waals surface area (Å²) in [5.41, 5.74) is 0. The maximum Gasteiger partial charge on any atom is 0.119 e. The summed E-state index contributed by atoms with van der Waals surface area (Å²) in [4.78, 5) is 2.40. The van der Waals surface area contributed by atoms with Gasteiger partial charge in [-0.25, -0.2) is 0 Å². The fourth-order valence-corrected chi connectivity index (χ4v) is 2.67. The lowest BCUT2D eigenvalue weighted by molar-refractivity contribution is -0.00296. The highest BCUT2D eigenvalue weighted by Crippen LogP contribution is 2.17. The van der Waals surface area contributed by atoms with Crippen LogP contribution >= 0.6 is 15.9 Å². The number of benzene rings is 1. The predicted molar refractivity (Wildman–Crippen MR) is 78.5 cm³/mol. The van der Waals surface area contributed by atoms with Crippen molar-refractivity contribution >= 4 is 15.9 Å². The van der Waals surface area contributed by atoms with Crippen LogP contribution in [0.5, 0.6) is 11.5 Å². The first-order valence-corrected chi connectivity index (χ1v) is 7.60. The minimum Gasteiger partial charge on any atom is -0.497 e. The van der Waals surface area contributed by atoms with Gasteiger partial charge in [0.25, 0.3) is 0 Å². The predicted octanol–water partition coefficient (Wildman–Crippen LogP) is 2.17. The Bertz CT molecular complexity index is 371. The van der Waals surface area contributed by atoms with Crippen LogP contribution in [0.3, 0.4) is 0 Å². The van der Waals surface area contributed by atoms with Crippen molar-refractivity contribution in [1.82, 2.24) is 4.90 Å². The van der Waals surface area contributed by atoms with Gasteiger partial charge in [-0.15, -0.1) is 0 Å². The summed E-state index contributed by atoms with van der Waals surface area (Å²) in [6, 6.07) is 8.13. The van der Waals surface area contributed by atoms with E-state index in [-0.39, 0.29) is 0 Å². The maximum atomic E-state index is 5.75. The van der Waals surface area contributed by atoms with E-state index in [0.717, 1.165) is 43.1 Å². The zero-order valence-electron chi connectivity index (χ0n) is 11.2. The molecule has 0 spiro atoms. The number of halogens is 1. The van der Waals surface area contributed by atoms with Crippen molar-refractivity contribution in [2.75, 3.05) is 45.4 Å². The molecule has 1 atom stereocenters. The Hall–Kier alpha value is -0.780. The van der Waals surface area contributed by atoms with E-state index in [1.807, 2.05) is 24.3 Å². The summed E-state index contributed by atoms with van der Waals surface area (Å²) >= 11 is 3.53. The molecule has 5 heteroatoms. The summed E-state index contributed by atoms with van der Waals surface area (Å²) in [7, 11) is 1.66. The fourth-order valence-electron chi connectivity index (χ4n) is 2.08. The molecule has 4 nitrogen and oxygen atoms in total. The van der Waals surface area contributed by atoms with Crippen LogP contribution in [0.15, 0.2) is 24.3 Å². The highest BCUT2D eigenvalue weighted by Gasteiger charge is 2.21. The summed E-state index contributed by atoms with van der Waals surface area (Å²) in [6.07, 6.45) is 0. The second-order valence-corrected chi connectivity index (χ2v) is 5.09.